The van der Waals surface area contributed by atoms with Crippen molar-refractivity contribution >= 4 is 26.8 Å². The van der Waals surface area contributed by atoms with Crippen LogP contribution in [0.25, 0.3) is 11.0 Å². The first-order chi connectivity index (χ1) is 11.5. The number of para-hydroxylation sites is 1. The number of aryl methyl sites for hydroxylation is 1. The van der Waals surface area contributed by atoms with E-state index in [0.29, 0.717) is 23.3 Å². The molecule has 0 aliphatic carbocycles. The fourth-order valence-corrected chi connectivity index (χ4v) is 3.61. The van der Waals surface area contributed by atoms with E-state index in [1.54, 1.807) is 36.4 Å². The highest BCUT2D eigenvalue weighted by molar-refractivity contribution is 7.92. The highest BCUT2D eigenvalue weighted by atomic mass is 32.2. The fourth-order valence-electron chi connectivity index (χ4n) is 2.40. The van der Waals surface area contributed by atoms with Gasteiger partial charge in [-0.1, -0.05) is 30.3 Å². The minimum Gasteiger partial charge on any atom is -0.492 e. The van der Waals surface area contributed by atoms with Crippen molar-refractivity contribution in [3.8, 4) is 5.75 Å². The Morgan fingerprint density at radius 3 is 2.71 bits per heavy atom. The molecule has 0 saturated carbocycles. The van der Waals surface area contributed by atoms with Gasteiger partial charge in [-0.15, -0.1) is 0 Å². The minimum absolute atomic E-state index is 0.0933. The van der Waals surface area contributed by atoms with Gasteiger partial charge in [0.05, 0.1) is 12.0 Å². The molecular weight excluding hydrogens is 328 g/mol. The molecule has 1 aromatic heterocycles. The quantitative estimate of drug-likeness (QED) is 0.737. The SMILES string of the molecule is CCOc1ccc(CC)cc1S(=O)(=O)Nc1noc2ccccc12. The largest absolute Gasteiger partial charge is 0.492 e. The van der Waals surface area contributed by atoms with Crippen LogP contribution < -0.4 is 9.46 Å². The Kier molecular flexibility index (Phi) is 4.44. The van der Waals surface area contributed by atoms with Crippen LogP contribution in [0.3, 0.4) is 0 Å². The van der Waals surface area contributed by atoms with Crippen molar-refractivity contribution in [3.05, 3.63) is 48.0 Å². The van der Waals surface area contributed by atoms with E-state index in [1.165, 1.54) is 0 Å². The Morgan fingerprint density at radius 1 is 1.17 bits per heavy atom. The molecule has 0 radical (unpaired) electrons. The molecule has 126 valence electrons. The molecule has 0 aliphatic heterocycles. The molecule has 3 rings (SSSR count). The molecule has 1 N–H and O–H groups in total. The maximum absolute atomic E-state index is 12.8. The van der Waals surface area contributed by atoms with Gasteiger partial charge in [0.25, 0.3) is 10.0 Å². The van der Waals surface area contributed by atoms with E-state index in [0.717, 1.165) is 12.0 Å². The number of benzene rings is 2. The molecule has 6 nitrogen and oxygen atoms in total. The summed E-state index contributed by atoms with van der Waals surface area (Å²) in [6, 6.07) is 12.2. The Labute approximate surface area is 140 Å². The van der Waals surface area contributed by atoms with Crippen LogP contribution in [0.1, 0.15) is 19.4 Å². The maximum Gasteiger partial charge on any atom is 0.266 e. The molecule has 7 heteroatoms. The zero-order valence-electron chi connectivity index (χ0n) is 13.4. The van der Waals surface area contributed by atoms with E-state index >= 15 is 0 Å². The highest BCUT2D eigenvalue weighted by Crippen LogP contribution is 2.29. The summed E-state index contributed by atoms with van der Waals surface area (Å²) in [4.78, 5) is 0.0933. The predicted molar refractivity (Wildman–Crippen MR) is 91.8 cm³/mol. The van der Waals surface area contributed by atoms with Gasteiger partial charge in [0.2, 0.25) is 0 Å². The first-order valence-corrected chi connectivity index (χ1v) is 9.16. The van der Waals surface area contributed by atoms with Gasteiger partial charge in [-0.05, 0) is 43.2 Å². The second kappa shape index (κ2) is 6.52. The lowest BCUT2D eigenvalue weighted by molar-refractivity contribution is 0.331. The van der Waals surface area contributed by atoms with Gasteiger partial charge in [-0.2, -0.15) is 0 Å². The van der Waals surface area contributed by atoms with E-state index in [1.807, 2.05) is 19.9 Å². The molecule has 0 bridgehead atoms. The zero-order valence-corrected chi connectivity index (χ0v) is 14.3. The average molecular weight is 346 g/mol. The summed E-state index contributed by atoms with van der Waals surface area (Å²) in [6.45, 7) is 4.15. The van der Waals surface area contributed by atoms with Crippen molar-refractivity contribution in [2.75, 3.05) is 11.3 Å². The molecule has 0 fully saturated rings. The number of nitrogens with one attached hydrogen (secondary N) is 1. The standard InChI is InChI=1S/C17H18N2O4S/c1-3-12-9-10-15(22-4-2)16(11-12)24(20,21)19-17-13-7-5-6-8-14(13)23-18-17/h5-11H,3-4H2,1-2H3,(H,18,19). The lowest BCUT2D eigenvalue weighted by Gasteiger charge is -2.12. The van der Waals surface area contributed by atoms with E-state index in [-0.39, 0.29) is 10.7 Å². The Bertz CT molecular complexity index is 964. The van der Waals surface area contributed by atoms with Gasteiger partial charge >= 0.3 is 0 Å². The topological polar surface area (TPSA) is 81.4 Å². The molecule has 0 aliphatic rings. The Morgan fingerprint density at radius 2 is 1.96 bits per heavy atom. The third-order valence-corrected chi connectivity index (χ3v) is 4.97. The molecule has 0 atom stereocenters. The Hall–Kier alpha value is -2.54. The highest BCUT2D eigenvalue weighted by Gasteiger charge is 2.23. The van der Waals surface area contributed by atoms with Gasteiger partial charge in [0.1, 0.15) is 10.6 Å². The summed E-state index contributed by atoms with van der Waals surface area (Å²) >= 11 is 0. The van der Waals surface area contributed by atoms with E-state index in [9.17, 15) is 8.42 Å². The molecule has 24 heavy (non-hydrogen) atoms. The van der Waals surface area contributed by atoms with Gasteiger partial charge < -0.3 is 9.26 Å². The van der Waals surface area contributed by atoms with Crippen molar-refractivity contribution in [1.82, 2.24) is 5.16 Å². The van der Waals surface area contributed by atoms with Crippen molar-refractivity contribution in [1.29, 1.82) is 0 Å². The van der Waals surface area contributed by atoms with Crippen molar-refractivity contribution in [2.24, 2.45) is 0 Å². The number of nitrogens with zero attached hydrogens (tertiary/aromatic N) is 1. The van der Waals surface area contributed by atoms with Crippen molar-refractivity contribution in [2.45, 2.75) is 25.2 Å². The van der Waals surface area contributed by atoms with Crippen LogP contribution in [-0.4, -0.2) is 20.2 Å². The smallest absolute Gasteiger partial charge is 0.266 e. The number of hydrogen-bond donors (Lipinski definition) is 1. The van der Waals surface area contributed by atoms with Crippen molar-refractivity contribution in [3.63, 3.8) is 0 Å². The number of hydrogen-bond acceptors (Lipinski definition) is 5. The van der Waals surface area contributed by atoms with Gasteiger partial charge in [0.15, 0.2) is 11.4 Å². The summed E-state index contributed by atoms with van der Waals surface area (Å²) < 4.78 is 38.8. The fraction of sp³-hybridized carbons (Fsp3) is 0.235. The number of rotatable bonds is 6. The summed E-state index contributed by atoms with van der Waals surface area (Å²) in [6.07, 6.45) is 0.724. The number of aromatic nitrogens is 1. The third kappa shape index (κ3) is 3.07. The second-order valence-electron chi connectivity index (χ2n) is 5.20. The zero-order chi connectivity index (χ0) is 17.2. The summed E-state index contributed by atoms with van der Waals surface area (Å²) in [5.41, 5.74) is 1.42. The molecule has 0 amide bonds. The van der Waals surface area contributed by atoms with Crippen LogP contribution in [-0.2, 0) is 16.4 Å². The van der Waals surface area contributed by atoms with Crippen LogP contribution in [0.4, 0.5) is 5.82 Å². The lowest BCUT2D eigenvalue weighted by Crippen LogP contribution is -2.15. The molecular formula is C17H18N2O4S. The summed E-state index contributed by atoms with van der Waals surface area (Å²) in [5, 5.41) is 4.42. The number of sulfonamides is 1. The summed E-state index contributed by atoms with van der Waals surface area (Å²) in [5.74, 6) is 0.477. The number of ether oxygens (including phenoxy) is 1. The predicted octanol–water partition coefficient (Wildman–Crippen LogP) is 3.59. The number of fused-ring (bicyclic) bond motifs is 1. The van der Waals surface area contributed by atoms with E-state index < -0.39 is 10.0 Å². The van der Waals surface area contributed by atoms with Crippen LogP contribution in [0, 0.1) is 0 Å². The second-order valence-corrected chi connectivity index (χ2v) is 6.85. The maximum atomic E-state index is 12.8. The van der Waals surface area contributed by atoms with E-state index in [4.69, 9.17) is 9.26 Å². The average Bonchev–Trinajstić information content (AvgIpc) is 2.98. The molecule has 2 aromatic carbocycles. The lowest BCUT2D eigenvalue weighted by atomic mass is 10.2. The van der Waals surface area contributed by atoms with Gasteiger partial charge in [-0.25, -0.2) is 8.42 Å². The molecule has 0 unspecified atom stereocenters. The first-order valence-electron chi connectivity index (χ1n) is 7.68. The van der Waals surface area contributed by atoms with Crippen LogP contribution in [0.5, 0.6) is 5.75 Å². The van der Waals surface area contributed by atoms with Gasteiger partial charge in [-0.3, -0.25) is 4.72 Å². The van der Waals surface area contributed by atoms with Crippen LogP contribution in [0.15, 0.2) is 51.9 Å². The van der Waals surface area contributed by atoms with E-state index in [2.05, 4.69) is 9.88 Å². The van der Waals surface area contributed by atoms with Gasteiger partial charge in [0, 0.05) is 0 Å². The number of anilines is 1. The normalized spacial score (nSPS) is 11.6. The molecule has 0 spiro atoms. The van der Waals surface area contributed by atoms with Crippen LogP contribution in [0.2, 0.25) is 0 Å². The molecule has 1 heterocycles. The minimum atomic E-state index is -3.86. The third-order valence-electron chi connectivity index (χ3n) is 3.61. The summed E-state index contributed by atoms with van der Waals surface area (Å²) in [7, 11) is -3.86. The molecule has 0 saturated heterocycles. The van der Waals surface area contributed by atoms with Crippen LogP contribution >= 0.6 is 0 Å². The Balaban J connectivity index is 2.04. The van der Waals surface area contributed by atoms with Crippen molar-refractivity contribution < 1.29 is 17.7 Å². The molecule has 3 aromatic rings. The first kappa shape index (κ1) is 16.3. The monoisotopic (exact) mass is 346 g/mol.